The molecule has 0 bridgehead atoms. The van der Waals surface area contributed by atoms with Crippen molar-refractivity contribution in [2.45, 2.75) is 6.54 Å². The zero-order valence-corrected chi connectivity index (χ0v) is 11.9. The predicted octanol–water partition coefficient (Wildman–Crippen LogP) is 3.09. The number of halogens is 2. The van der Waals surface area contributed by atoms with E-state index in [1.807, 2.05) is 0 Å². The number of rotatable bonds is 3. The van der Waals surface area contributed by atoms with Crippen LogP contribution in [0, 0.1) is 10.1 Å². The quantitative estimate of drug-likeness (QED) is 0.320. The molecular weight excluding hydrogens is 317 g/mol. The van der Waals surface area contributed by atoms with Gasteiger partial charge in [-0.05, 0) is 17.2 Å². The van der Waals surface area contributed by atoms with Gasteiger partial charge in [0.25, 0.3) is 5.69 Å². The van der Waals surface area contributed by atoms with Crippen molar-refractivity contribution in [3.63, 3.8) is 0 Å². The third-order valence-electron chi connectivity index (χ3n) is 2.90. The minimum atomic E-state index is -0.448. The smallest absolute Gasteiger partial charge is 0.269 e. The van der Waals surface area contributed by atoms with Gasteiger partial charge in [-0.2, -0.15) is 0 Å². The lowest BCUT2D eigenvalue weighted by molar-refractivity contribution is -0.384. The molecule has 106 valence electrons. The first-order chi connectivity index (χ1) is 10.1. The zero-order chi connectivity index (χ0) is 15.0. The lowest BCUT2D eigenvalue weighted by Gasteiger charge is -2.05. The molecule has 0 aliphatic heterocycles. The van der Waals surface area contributed by atoms with Crippen molar-refractivity contribution in [2.24, 2.45) is 0 Å². The molecule has 1 aromatic carbocycles. The highest BCUT2D eigenvalue weighted by molar-refractivity contribution is 6.34. The summed E-state index contributed by atoms with van der Waals surface area (Å²) in [5.74, 6) is 0. The van der Waals surface area contributed by atoms with Crippen molar-refractivity contribution in [1.29, 1.82) is 0 Å². The number of nitro groups is 1. The molecule has 0 saturated heterocycles. The minimum Gasteiger partial charge on any atom is -0.295 e. The van der Waals surface area contributed by atoms with Gasteiger partial charge >= 0.3 is 0 Å². The lowest BCUT2D eigenvalue weighted by Crippen LogP contribution is -2.01. The second-order valence-electron chi connectivity index (χ2n) is 4.23. The molecule has 21 heavy (non-hydrogen) atoms. The molecule has 3 aromatic rings. The van der Waals surface area contributed by atoms with E-state index in [-0.39, 0.29) is 16.1 Å². The van der Waals surface area contributed by atoms with Crippen LogP contribution in [0.1, 0.15) is 5.56 Å². The van der Waals surface area contributed by atoms with Crippen LogP contribution in [0.4, 0.5) is 5.69 Å². The summed E-state index contributed by atoms with van der Waals surface area (Å²) >= 11 is 12.0. The Balaban J connectivity index is 2.06. The van der Waals surface area contributed by atoms with Crippen molar-refractivity contribution in [3.05, 3.63) is 56.7 Å². The Morgan fingerprint density at radius 3 is 2.86 bits per heavy atom. The molecule has 0 saturated carbocycles. The molecule has 2 aromatic heterocycles. The number of hydrogen-bond donors (Lipinski definition) is 0. The van der Waals surface area contributed by atoms with Crippen LogP contribution in [-0.4, -0.2) is 24.4 Å². The Hall–Kier alpha value is -2.25. The molecule has 2 heterocycles. The number of fused-ring (bicyclic) bond motifs is 1. The van der Waals surface area contributed by atoms with Crippen LogP contribution in [0.3, 0.4) is 0 Å². The highest BCUT2D eigenvalue weighted by Gasteiger charge is 2.15. The molecule has 0 amide bonds. The first kappa shape index (κ1) is 13.7. The Morgan fingerprint density at radius 2 is 2.10 bits per heavy atom. The molecule has 0 fully saturated rings. The molecule has 0 atom stereocenters. The van der Waals surface area contributed by atoms with E-state index < -0.39 is 4.92 Å². The first-order valence-electron chi connectivity index (χ1n) is 5.82. The predicted molar refractivity (Wildman–Crippen MR) is 77.5 cm³/mol. The van der Waals surface area contributed by atoms with Gasteiger partial charge < -0.3 is 0 Å². The van der Waals surface area contributed by atoms with Crippen molar-refractivity contribution < 1.29 is 4.92 Å². The molecular formula is C12H7Cl2N5O2. The molecule has 3 rings (SSSR count). The maximum atomic E-state index is 10.8. The van der Waals surface area contributed by atoms with E-state index in [2.05, 4.69) is 15.0 Å². The average molecular weight is 324 g/mol. The van der Waals surface area contributed by atoms with Crippen molar-refractivity contribution in [1.82, 2.24) is 19.5 Å². The van der Waals surface area contributed by atoms with Crippen molar-refractivity contribution in [3.8, 4) is 0 Å². The monoisotopic (exact) mass is 323 g/mol. The summed E-state index contributed by atoms with van der Waals surface area (Å²) < 4.78 is 1.61. The van der Waals surface area contributed by atoms with Gasteiger partial charge in [0.1, 0.15) is 11.8 Å². The maximum absolute atomic E-state index is 10.8. The number of non-ortho nitro benzene ring substituents is 1. The summed E-state index contributed by atoms with van der Waals surface area (Å²) in [7, 11) is 0. The van der Waals surface area contributed by atoms with Gasteiger partial charge in [-0.1, -0.05) is 23.7 Å². The van der Waals surface area contributed by atoms with Gasteiger partial charge in [0.15, 0.2) is 10.8 Å². The van der Waals surface area contributed by atoms with Crippen LogP contribution in [0.15, 0.2) is 30.6 Å². The Bertz CT molecular complexity index is 849. The van der Waals surface area contributed by atoms with Crippen molar-refractivity contribution >= 4 is 40.1 Å². The van der Waals surface area contributed by atoms with Crippen LogP contribution in [0.25, 0.3) is 11.2 Å². The second kappa shape index (κ2) is 5.27. The normalized spacial score (nSPS) is 11.0. The van der Waals surface area contributed by atoms with E-state index >= 15 is 0 Å². The fourth-order valence-corrected chi connectivity index (χ4v) is 2.37. The maximum Gasteiger partial charge on any atom is 0.269 e. The molecule has 7 nitrogen and oxygen atoms in total. The Kier molecular flexibility index (Phi) is 3.44. The third kappa shape index (κ3) is 2.53. The fraction of sp³-hybridized carbons (Fsp3) is 0.0833. The second-order valence-corrected chi connectivity index (χ2v) is 4.93. The van der Waals surface area contributed by atoms with E-state index in [1.54, 1.807) is 16.7 Å². The van der Waals surface area contributed by atoms with Crippen molar-refractivity contribution in [2.75, 3.05) is 0 Å². The van der Waals surface area contributed by atoms with Crippen LogP contribution < -0.4 is 0 Å². The minimum absolute atomic E-state index is 0.0145. The lowest BCUT2D eigenvalue weighted by atomic mass is 10.2. The number of nitro benzene ring substituents is 1. The molecule has 0 radical (unpaired) electrons. The molecule has 0 unspecified atom stereocenters. The summed E-state index contributed by atoms with van der Waals surface area (Å²) in [6.07, 6.45) is 1.31. The third-order valence-corrected chi connectivity index (χ3v) is 3.47. The van der Waals surface area contributed by atoms with Gasteiger partial charge in [0.2, 0.25) is 5.28 Å². The average Bonchev–Trinajstić information content (AvgIpc) is 2.78. The summed E-state index contributed by atoms with van der Waals surface area (Å²) in [5, 5.41) is 11.2. The SMILES string of the molecule is O=[N+]([O-])c1cccc(Cn2c(Cl)nc3c(Cl)ncnc32)c1. The van der Waals surface area contributed by atoms with Gasteiger partial charge in [-0.25, -0.2) is 15.0 Å². The van der Waals surface area contributed by atoms with E-state index in [1.165, 1.54) is 18.5 Å². The van der Waals surface area contributed by atoms with Crippen LogP contribution in [-0.2, 0) is 6.54 Å². The highest BCUT2D eigenvalue weighted by Crippen LogP contribution is 2.24. The first-order valence-corrected chi connectivity index (χ1v) is 6.57. The summed E-state index contributed by atoms with van der Waals surface area (Å²) in [6.45, 7) is 0.296. The van der Waals surface area contributed by atoms with Gasteiger partial charge in [0, 0.05) is 12.1 Å². The topological polar surface area (TPSA) is 86.7 Å². The van der Waals surface area contributed by atoms with Gasteiger partial charge in [-0.15, -0.1) is 0 Å². The van der Waals surface area contributed by atoms with Crippen LogP contribution in [0.2, 0.25) is 10.4 Å². The zero-order valence-electron chi connectivity index (χ0n) is 10.4. The number of benzene rings is 1. The largest absolute Gasteiger partial charge is 0.295 e. The van der Waals surface area contributed by atoms with E-state index in [4.69, 9.17) is 23.2 Å². The number of aromatic nitrogens is 4. The fourth-order valence-electron chi connectivity index (χ4n) is 1.97. The van der Waals surface area contributed by atoms with Crippen LogP contribution in [0.5, 0.6) is 0 Å². The van der Waals surface area contributed by atoms with Gasteiger partial charge in [0.05, 0.1) is 11.5 Å². The Labute approximate surface area is 128 Å². The van der Waals surface area contributed by atoms with E-state index in [0.29, 0.717) is 23.3 Å². The molecule has 0 spiro atoms. The molecule has 0 aliphatic rings. The summed E-state index contributed by atoms with van der Waals surface area (Å²) in [5.41, 5.74) is 1.60. The molecule has 0 N–H and O–H groups in total. The van der Waals surface area contributed by atoms with Gasteiger partial charge in [-0.3, -0.25) is 14.7 Å². The number of hydrogen-bond acceptors (Lipinski definition) is 5. The Morgan fingerprint density at radius 1 is 1.29 bits per heavy atom. The molecule has 9 heteroatoms. The number of nitrogens with zero attached hydrogens (tertiary/aromatic N) is 5. The van der Waals surface area contributed by atoms with Crippen LogP contribution >= 0.6 is 23.2 Å². The van der Waals surface area contributed by atoms with E-state index in [9.17, 15) is 10.1 Å². The number of imidazole rings is 1. The highest BCUT2D eigenvalue weighted by atomic mass is 35.5. The summed E-state index contributed by atoms with van der Waals surface area (Å²) in [4.78, 5) is 22.4. The molecule has 0 aliphatic carbocycles. The van der Waals surface area contributed by atoms with E-state index in [0.717, 1.165) is 0 Å². The summed E-state index contributed by atoms with van der Waals surface area (Å²) in [6, 6.07) is 6.28. The standard InChI is InChI=1S/C12H7Cl2N5O2/c13-10-9-11(16-6-15-10)18(12(14)17-9)5-7-2-1-3-8(4-7)19(20)21/h1-4,6H,5H2.